The molecule has 1 rings (SSSR count). The molecule has 0 aliphatic heterocycles. The zero-order valence-corrected chi connectivity index (χ0v) is 9.34. The molecule has 0 aromatic carbocycles. The van der Waals surface area contributed by atoms with Crippen molar-refractivity contribution in [2.45, 2.75) is 6.92 Å². The number of aromatic amines is 1. The smallest absolute Gasteiger partial charge is 0.240 e. The Kier molecular flexibility index (Phi) is 3.63. The predicted octanol–water partition coefficient (Wildman–Crippen LogP) is -0.345. The number of anilines is 1. The van der Waals surface area contributed by atoms with Crippen molar-refractivity contribution in [3.05, 3.63) is 12.0 Å². The first kappa shape index (κ1) is 12.2. The molecule has 0 fully saturated rings. The third kappa shape index (κ3) is 3.06. The van der Waals surface area contributed by atoms with E-state index in [9.17, 15) is 13.2 Å². The van der Waals surface area contributed by atoms with E-state index in [2.05, 4.69) is 15.3 Å². The van der Waals surface area contributed by atoms with Gasteiger partial charge in [0, 0.05) is 5.75 Å². The fourth-order valence-electron chi connectivity index (χ4n) is 0.944. The van der Waals surface area contributed by atoms with Crippen molar-refractivity contribution in [2.24, 2.45) is 0 Å². The lowest BCUT2D eigenvalue weighted by Gasteiger charge is -2.02. The molecule has 0 aliphatic carbocycles. The van der Waals surface area contributed by atoms with Crippen molar-refractivity contribution in [3.63, 3.8) is 0 Å². The third-order valence-corrected chi connectivity index (χ3v) is 3.38. The summed E-state index contributed by atoms with van der Waals surface area (Å²) in [6.45, 7) is 1.46. The van der Waals surface area contributed by atoms with Gasteiger partial charge in [-0.1, -0.05) is 6.92 Å². The number of rotatable bonds is 4. The van der Waals surface area contributed by atoms with Crippen LogP contribution in [0, 0.1) is 11.3 Å². The Morgan fingerprint density at radius 1 is 1.69 bits per heavy atom. The predicted molar refractivity (Wildman–Crippen MR) is 56.3 cm³/mol. The zero-order valence-electron chi connectivity index (χ0n) is 8.52. The number of H-pyrrole nitrogens is 1. The minimum Gasteiger partial charge on any atom is -0.335 e. The van der Waals surface area contributed by atoms with Gasteiger partial charge in [0.1, 0.15) is 11.8 Å². The first-order chi connectivity index (χ1) is 7.48. The van der Waals surface area contributed by atoms with Crippen molar-refractivity contribution in [2.75, 3.05) is 16.8 Å². The molecule has 7 nitrogen and oxygen atoms in total. The van der Waals surface area contributed by atoms with E-state index in [1.165, 1.54) is 13.3 Å². The van der Waals surface area contributed by atoms with Crippen molar-refractivity contribution in [3.8, 4) is 6.07 Å². The van der Waals surface area contributed by atoms with Crippen molar-refractivity contribution in [1.29, 1.82) is 5.26 Å². The summed E-state index contributed by atoms with van der Waals surface area (Å²) in [4.78, 5) is 17.5. The number of hydrogen-bond acceptors (Lipinski definition) is 5. The van der Waals surface area contributed by atoms with Gasteiger partial charge in [0.25, 0.3) is 0 Å². The van der Waals surface area contributed by atoms with Crippen LogP contribution in [-0.2, 0) is 14.6 Å². The number of carbonyl (C=O) groups excluding carboxylic acids is 1. The molecule has 86 valence electrons. The van der Waals surface area contributed by atoms with E-state index in [1.807, 2.05) is 0 Å². The zero-order chi connectivity index (χ0) is 12.2. The molecule has 0 saturated carbocycles. The summed E-state index contributed by atoms with van der Waals surface area (Å²) in [6, 6.07) is 1.78. The minimum absolute atomic E-state index is 0.0406. The van der Waals surface area contributed by atoms with Crippen LogP contribution < -0.4 is 5.32 Å². The number of hydrogen-bond donors (Lipinski definition) is 2. The maximum absolute atomic E-state index is 11.3. The van der Waals surface area contributed by atoms with E-state index >= 15 is 0 Å². The fraction of sp³-hybridized carbons (Fsp3) is 0.375. The maximum Gasteiger partial charge on any atom is 0.240 e. The van der Waals surface area contributed by atoms with Crippen LogP contribution in [0.1, 0.15) is 12.6 Å². The lowest BCUT2D eigenvalue weighted by Crippen LogP contribution is -2.24. The van der Waals surface area contributed by atoms with E-state index < -0.39 is 21.5 Å². The summed E-state index contributed by atoms with van der Waals surface area (Å²) in [5.74, 6) is -1.38. The highest BCUT2D eigenvalue weighted by Gasteiger charge is 2.16. The molecule has 1 aromatic rings. The molecule has 0 spiro atoms. The van der Waals surface area contributed by atoms with E-state index in [0.29, 0.717) is 0 Å². The second kappa shape index (κ2) is 4.76. The monoisotopic (exact) mass is 242 g/mol. The van der Waals surface area contributed by atoms with Crippen molar-refractivity contribution >= 4 is 21.6 Å². The first-order valence-corrected chi connectivity index (χ1v) is 6.24. The summed E-state index contributed by atoms with van der Waals surface area (Å²) in [5, 5.41) is 10.9. The second-order valence-corrected chi connectivity index (χ2v) is 5.32. The highest BCUT2D eigenvalue weighted by molar-refractivity contribution is 7.92. The van der Waals surface area contributed by atoms with Crippen LogP contribution in [0.4, 0.5) is 5.82 Å². The molecular weight excluding hydrogens is 232 g/mol. The molecule has 2 N–H and O–H groups in total. The number of sulfone groups is 1. The normalized spacial score (nSPS) is 10.8. The molecule has 1 heterocycles. The van der Waals surface area contributed by atoms with Crippen LogP contribution in [0.3, 0.4) is 0 Å². The number of nitrogens with one attached hydrogen (secondary N) is 2. The van der Waals surface area contributed by atoms with Gasteiger partial charge >= 0.3 is 0 Å². The van der Waals surface area contributed by atoms with Crippen molar-refractivity contribution < 1.29 is 13.2 Å². The number of carbonyl (C=O) groups is 1. The molecule has 8 heteroatoms. The molecule has 0 radical (unpaired) electrons. The maximum atomic E-state index is 11.3. The minimum atomic E-state index is -3.37. The van der Waals surface area contributed by atoms with Crippen LogP contribution in [0.25, 0.3) is 0 Å². The highest BCUT2D eigenvalue weighted by atomic mass is 32.2. The summed E-state index contributed by atoms with van der Waals surface area (Å²) in [7, 11) is -3.37. The molecule has 0 saturated heterocycles. The number of nitrogens with zero attached hydrogens (tertiary/aromatic N) is 2. The van der Waals surface area contributed by atoms with E-state index in [0.717, 1.165) is 0 Å². The Morgan fingerprint density at radius 3 is 2.94 bits per heavy atom. The molecule has 1 amide bonds. The Balaban J connectivity index is 2.70. The Bertz CT molecular complexity index is 526. The number of imidazole rings is 1. The van der Waals surface area contributed by atoms with Gasteiger partial charge in [-0.3, -0.25) is 4.79 Å². The van der Waals surface area contributed by atoms with E-state index in [1.54, 1.807) is 6.07 Å². The first-order valence-electron chi connectivity index (χ1n) is 4.42. The van der Waals surface area contributed by atoms with Gasteiger partial charge in [-0.2, -0.15) is 5.26 Å². The van der Waals surface area contributed by atoms with Gasteiger partial charge in [-0.15, -0.1) is 0 Å². The second-order valence-electron chi connectivity index (χ2n) is 2.96. The van der Waals surface area contributed by atoms with E-state index in [4.69, 9.17) is 5.26 Å². The SMILES string of the molecule is CCS(=O)(=O)CC(=O)Nc1nc[nH]c1C#N. The number of aromatic nitrogens is 2. The average molecular weight is 242 g/mol. The lowest BCUT2D eigenvalue weighted by molar-refractivity contribution is -0.113. The van der Waals surface area contributed by atoms with Gasteiger partial charge in [0.05, 0.1) is 6.33 Å². The van der Waals surface area contributed by atoms with Crippen LogP contribution in [-0.4, -0.2) is 35.8 Å². The standard InChI is InChI=1S/C8H10N4O3S/c1-2-16(14,15)4-7(13)12-8-6(3-9)10-5-11-8/h5H,2,4H2,1H3,(H,10,11)(H,12,13). The topological polar surface area (TPSA) is 116 Å². The van der Waals surface area contributed by atoms with Gasteiger partial charge in [-0.05, 0) is 0 Å². The highest BCUT2D eigenvalue weighted by Crippen LogP contribution is 2.07. The van der Waals surface area contributed by atoms with Crippen LogP contribution >= 0.6 is 0 Å². The van der Waals surface area contributed by atoms with Gasteiger partial charge < -0.3 is 10.3 Å². The Hall–Kier alpha value is -1.88. The summed E-state index contributed by atoms with van der Waals surface area (Å²) in [6.07, 6.45) is 1.24. The van der Waals surface area contributed by atoms with Gasteiger partial charge in [0.15, 0.2) is 21.3 Å². The van der Waals surface area contributed by atoms with Gasteiger partial charge in [-0.25, -0.2) is 13.4 Å². The molecule has 0 atom stereocenters. The third-order valence-electron chi connectivity index (χ3n) is 1.80. The fourth-order valence-corrected chi connectivity index (χ4v) is 1.62. The van der Waals surface area contributed by atoms with Crippen LogP contribution in [0.5, 0.6) is 0 Å². The number of nitriles is 1. The molecular formula is C8H10N4O3S. The quantitative estimate of drug-likeness (QED) is 0.748. The largest absolute Gasteiger partial charge is 0.335 e. The summed E-state index contributed by atoms with van der Waals surface area (Å²) >= 11 is 0. The molecule has 1 aromatic heterocycles. The molecule has 0 unspecified atom stereocenters. The van der Waals surface area contributed by atoms with Crippen LogP contribution in [0.15, 0.2) is 6.33 Å². The average Bonchev–Trinajstić information content (AvgIpc) is 2.64. The molecule has 16 heavy (non-hydrogen) atoms. The Morgan fingerprint density at radius 2 is 2.38 bits per heavy atom. The molecule has 0 aliphatic rings. The van der Waals surface area contributed by atoms with Crippen molar-refractivity contribution in [1.82, 2.24) is 9.97 Å². The van der Waals surface area contributed by atoms with Gasteiger partial charge in [0.2, 0.25) is 5.91 Å². The lowest BCUT2D eigenvalue weighted by atomic mass is 10.4. The summed E-state index contributed by atoms with van der Waals surface area (Å²) in [5.41, 5.74) is 0.0854. The number of amides is 1. The Labute approximate surface area is 92.4 Å². The van der Waals surface area contributed by atoms with Crippen LogP contribution in [0.2, 0.25) is 0 Å². The molecule has 0 bridgehead atoms. The summed E-state index contributed by atoms with van der Waals surface area (Å²) < 4.78 is 22.3. The van der Waals surface area contributed by atoms with E-state index in [-0.39, 0.29) is 17.3 Å².